The Morgan fingerprint density at radius 3 is 2.50 bits per heavy atom. The molecule has 7 nitrogen and oxygen atoms in total. The minimum absolute atomic E-state index is 0.000180. The molecule has 2 aromatic carbocycles. The molecule has 0 atom stereocenters. The predicted octanol–water partition coefficient (Wildman–Crippen LogP) is 3.93. The van der Waals surface area contributed by atoms with Gasteiger partial charge in [-0.2, -0.15) is 5.01 Å². The summed E-state index contributed by atoms with van der Waals surface area (Å²) in [7, 11) is 0. The molecule has 0 aromatic heterocycles. The van der Waals surface area contributed by atoms with E-state index < -0.39 is 5.91 Å². The van der Waals surface area contributed by atoms with Crippen molar-refractivity contribution in [2.45, 2.75) is 26.2 Å². The molecule has 2 aliphatic rings. The standard InChI is InChI=1S/C25H25N3O4S2/c1-17-7-3-4-8-20(17)23(30)26-28-24(31)21(34-25(28)33)15-18-9-11-19(12-10-18)32-16-22(29)27-13-5-2-6-14-27/h3-4,7-12,15H,2,5-6,13-14,16H2,1H3,(H,26,30)/b21-15+. The second-order valence-electron chi connectivity index (χ2n) is 8.07. The van der Waals surface area contributed by atoms with Crippen LogP contribution in [0.25, 0.3) is 6.08 Å². The first-order valence-electron chi connectivity index (χ1n) is 11.1. The summed E-state index contributed by atoms with van der Waals surface area (Å²) in [4.78, 5) is 39.9. The van der Waals surface area contributed by atoms with Gasteiger partial charge in [-0.3, -0.25) is 19.8 Å². The predicted molar refractivity (Wildman–Crippen MR) is 136 cm³/mol. The van der Waals surface area contributed by atoms with Crippen LogP contribution in [0.3, 0.4) is 0 Å². The molecule has 176 valence electrons. The van der Waals surface area contributed by atoms with Crippen molar-refractivity contribution in [2.75, 3.05) is 19.7 Å². The fourth-order valence-electron chi connectivity index (χ4n) is 3.74. The van der Waals surface area contributed by atoms with E-state index in [4.69, 9.17) is 17.0 Å². The fourth-order valence-corrected chi connectivity index (χ4v) is 4.92. The summed E-state index contributed by atoms with van der Waals surface area (Å²) in [6, 6.07) is 14.3. The van der Waals surface area contributed by atoms with Crippen LogP contribution < -0.4 is 10.2 Å². The van der Waals surface area contributed by atoms with Gasteiger partial charge in [0.05, 0.1) is 4.91 Å². The second kappa shape index (κ2) is 10.8. The number of likely N-dealkylation sites (tertiary alicyclic amines) is 1. The highest BCUT2D eigenvalue weighted by atomic mass is 32.2. The lowest BCUT2D eigenvalue weighted by atomic mass is 10.1. The molecular formula is C25H25N3O4S2. The summed E-state index contributed by atoms with van der Waals surface area (Å²) in [5.74, 6) is -0.193. The first kappa shape index (κ1) is 24.0. The second-order valence-corrected chi connectivity index (χ2v) is 9.75. The average molecular weight is 496 g/mol. The smallest absolute Gasteiger partial charge is 0.285 e. The van der Waals surface area contributed by atoms with Crippen LogP contribution in [-0.4, -0.2) is 51.6 Å². The van der Waals surface area contributed by atoms with Crippen molar-refractivity contribution in [3.05, 3.63) is 70.1 Å². The van der Waals surface area contributed by atoms with Crippen molar-refractivity contribution in [1.82, 2.24) is 15.3 Å². The number of hydrogen-bond donors (Lipinski definition) is 1. The van der Waals surface area contributed by atoms with E-state index >= 15 is 0 Å². The van der Waals surface area contributed by atoms with Crippen molar-refractivity contribution >= 4 is 52.1 Å². The Morgan fingerprint density at radius 1 is 1.09 bits per heavy atom. The lowest BCUT2D eigenvalue weighted by Gasteiger charge is -2.26. The number of aryl methyl sites for hydroxylation is 1. The number of thiocarbonyl (C=S) groups is 1. The molecule has 0 unspecified atom stereocenters. The summed E-state index contributed by atoms with van der Waals surface area (Å²) in [6.45, 7) is 3.43. The number of amides is 3. The molecule has 2 fully saturated rings. The highest BCUT2D eigenvalue weighted by molar-refractivity contribution is 8.26. The van der Waals surface area contributed by atoms with E-state index in [9.17, 15) is 14.4 Å². The molecule has 2 aromatic rings. The number of hydrazine groups is 1. The Balaban J connectivity index is 1.35. The van der Waals surface area contributed by atoms with E-state index in [0.29, 0.717) is 16.2 Å². The van der Waals surface area contributed by atoms with Crippen LogP contribution in [0.4, 0.5) is 0 Å². The molecule has 0 aliphatic carbocycles. The van der Waals surface area contributed by atoms with E-state index in [-0.39, 0.29) is 22.7 Å². The lowest BCUT2D eigenvalue weighted by molar-refractivity contribution is -0.134. The van der Waals surface area contributed by atoms with Gasteiger partial charge in [0.1, 0.15) is 5.75 Å². The van der Waals surface area contributed by atoms with Gasteiger partial charge in [-0.05, 0) is 73.8 Å². The minimum atomic E-state index is -0.392. The van der Waals surface area contributed by atoms with Crippen molar-refractivity contribution in [2.24, 2.45) is 0 Å². The number of thioether (sulfide) groups is 1. The maximum absolute atomic E-state index is 12.8. The van der Waals surface area contributed by atoms with Crippen LogP contribution in [0.5, 0.6) is 5.75 Å². The number of piperidine rings is 1. The highest BCUT2D eigenvalue weighted by Gasteiger charge is 2.34. The molecule has 0 saturated carbocycles. The lowest BCUT2D eigenvalue weighted by Crippen LogP contribution is -2.45. The number of nitrogens with zero attached hydrogens (tertiary/aromatic N) is 2. The van der Waals surface area contributed by atoms with E-state index in [1.807, 2.05) is 24.0 Å². The number of hydrogen-bond acceptors (Lipinski definition) is 6. The van der Waals surface area contributed by atoms with Gasteiger partial charge in [-0.25, -0.2) is 0 Å². The summed E-state index contributed by atoms with van der Waals surface area (Å²) in [6.07, 6.45) is 4.97. The number of benzene rings is 2. The van der Waals surface area contributed by atoms with Gasteiger partial charge in [-0.15, -0.1) is 0 Å². The molecule has 9 heteroatoms. The summed E-state index contributed by atoms with van der Waals surface area (Å²) in [5.41, 5.74) is 4.67. The fraction of sp³-hybridized carbons (Fsp3) is 0.280. The number of ether oxygens (including phenoxy) is 1. The maximum atomic E-state index is 12.8. The molecule has 2 aliphatic heterocycles. The molecule has 0 radical (unpaired) electrons. The Labute approximate surface area is 208 Å². The van der Waals surface area contributed by atoms with Gasteiger partial charge in [0.2, 0.25) is 0 Å². The number of rotatable bonds is 6. The van der Waals surface area contributed by atoms with E-state index in [2.05, 4.69) is 5.43 Å². The number of carbonyl (C=O) groups is 3. The monoisotopic (exact) mass is 495 g/mol. The molecule has 0 bridgehead atoms. The maximum Gasteiger partial charge on any atom is 0.285 e. The average Bonchev–Trinajstić information content (AvgIpc) is 3.11. The molecule has 34 heavy (non-hydrogen) atoms. The zero-order valence-electron chi connectivity index (χ0n) is 18.8. The summed E-state index contributed by atoms with van der Waals surface area (Å²) < 4.78 is 5.89. The van der Waals surface area contributed by atoms with Gasteiger partial charge in [0.25, 0.3) is 17.7 Å². The Kier molecular flexibility index (Phi) is 7.64. The van der Waals surface area contributed by atoms with Crippen molar-refractivity contribution < 1.29 is 19.1 Å². The van der Waals surface area contributed by atoms with E-state index in [1.54, 1.807) is 42.5 Å². The van der Waals surface area contributed by atoms with Crippen molar-refractivity contribution in [3.8, 4) is 5.75 Å². The third kappa shape index (κ3) is 5.66. The number of nitrogens with one attached hydrogen (secondary N) is 1. The van der Waals surface area contributed by atoms with Gasteiger partial charge in [-0.1, -0.05) is 42.1 Å². The largest absolute Gasteiger partial charge is 0.484 e. The van der Waals surface area contributed by atoms with E-state index in [1.165, 1.54) is 6.42 Å². The Hall–Kier alpha value is -3.17. The van der Waals surface area contributed by atoms with Gasteiger partial charge < -0.3 is 9.64 Å². The first-order chi connectivity index (χ1) is 16.4. The molecule has 3 amide bonds. The molecule has 2 heterocycles. The van der Waals surface area contributed by atoms with Gasteiger partial charge in [0.15, 0.2) is 10.9 Å². The Bertz CT molecular complexity index is 1140. The SMILES string of the molecule is Cc1ccccc1C(=O)NN1C(=O)/C(=C\c2ccc(OCC(=O)N3CCCCC3)cc2)SC1=S. The van der Waals surface area contributed by atoms with Crippen LogP contribution in [-0.2, 0) is 9.59 Å². The van der Waals surface area contributed by atoms with Gasteiger partial charge in [0, 0.05) is 18.7 Å². The molecular weight excluding hydrogens is 470 g/mol. The summed E-state index contributed by atoms with van der Waals surface area (Å²) >= 11 is 6.43. The van der Waals surface area contributed by atoms with Crippen LogP contribution in [0, 0.1) is 6.92 Å². The molecule has 1 N–H and O–H groups in total. The zero-order chi connectivity index (χ0) is 24.1. The van der Waals surface area contributed by atoms with Gasteiger partial charge >= 0.3 is 0 Å². The van der Waals surface area contributed by atoms with Crippen LogP contribution in [0.2, 0.25) is 0 Å². The Morgan fingerprint density at radius 2 is 1.79 bits per heavy atom. The van der Waals surface area contributed by atoms with Crippen LogP contribution in [0.1, 0.15) is 40.7 Å². The van der Waals surface area contributed by atoms with E-state index in [0.717, 1.165) is 53.8 Å². The third-order valence-electron chi connectivity index (χ3n) is 5.65. The zero-order valence-corrected chi connectivity index (χ0v) is 20.4. The topological polar surface area (TPSA) is 79.0 Å². The molecule has 4 rings (SSSR count). The number of carbonyl (C=O) groups excluding carboxylic acids is 3. The molecule has 0 spiro atoms. The third-order valence-corrected chi connectivity index (χ3v) is 6.95. The minimum Gasteiger partial charge on any atom is -0.484 e. The van der Waals surface area contributed by atoms with Crippen LogP contribution in [0.15, 0.2) is 53.4 Å². The first-order valence-corrected chi connectivity index (χ1v) is 12.3. The summed E-state index contributed by atoms with van der Waals surface area (Å²) in [5, 5.41) is 1.10. The molecule has 2 saturated heterocycles. The van der Waals surface area contributed by atoms with Crippen molar-refractivity contribution in [3.63, 3.8) is 0 Å². The van der Waals surface area contributed by atoms with Crippen LogP contribution >= 0.6 is 24.0 Å². The quantitative estimate of drug-likeness (QED) is 0.483. The highest BCUT2D eigenvalue weighted by Crippen LogP contribution is 2.32. The van der Waals surface area contributed by atoms with Crippen molar-refractivity contribution in [1.29, 1.82) is 0 Å². The normalized spacial score (nSPS) is 17.3.